The lowest BCUT2D eigenvalue weighted by molar-refractivity contribution is 0.108. The Balaban J connectivity index is 1.55. The quantitative estimate of drug-likeness (QED) is 0.777. The molecule has 3 aliphatic rings. The van der Waals surface area contributed by atoms with Crippen LogP contribution in [0, 0.1) is 23.7 Å². The maximum absolute atomic E-state index is 3.64. The fourth-order valence-electron chi connectivity index (χ4n) is 4.53. The molecule has 0 aliphatic heterocycles. The molecule has 0 amide bonds. The normalized spacial score (nSPS) is 39.7. The maximum Gasteiger partial charge on any atom is 0.00950 e. The summed E-state index contributed by atoms with van der Waals surface area (Å²) >= 11 is 0. The van der Waals surface area contributed by atoms with Crippen LogP contribution in [0.25, 0.3) is 0 Å². The van der Waals surface area contributed by atoms with E-state index < -0.39 is 0 Å². The van der Waals surface area contributed by atoms with E-state index in [9.17, 15) is 0 Å². The molecule has 0 spiro atoms. The molecule has 0 saturated heterocycles. The van der Waals surface area contributed by atoms with Crippen molar-refractivity contribution in [3.63, 3.8) is 0 Å². The summed E-state index contributed by atoms with van der Waals surface area (Å²) in [4.78, 5) is 0. The van der Waals surface area contributed by atoms with Gasteiger partial charge in [0.1, 0.15) is 0 Å². The molecule has 98 valence electrons. The van der Waals surface area contributed by atoms with Crippen molar-refractivity contribution in [3.8, 4) is 0 Å². The lowest BCUT2D eigenvalue weighted by Gasteiger charge is -2.42. The summed E-state index contributed by atoms with van der Waals surface area (Å²) in [5, 5.41) is 3.64. The predicted molar refractivity (Wildman–Crippen MR) is 73.0 cm³/mol. The van der Waals surface area contributed by atoms with Gasteiger partial charge in [-0.1, -0.05) is 38.5 Å². The summed E-state index contributed by atoms with van der Waals surface area (Å²) in [6.07, 6.45) is 15.2. The number of nitrogens with one attached hydrogen (secondary N) is 1. The third kappa shape index (κ3) is 2.86. The Morgan fingerprint density at radius 1 is 0.941 bits per heavy atom. The van der Waals surface area contributed by atoms with E-state index in [0.29, 0.717) is 0 Å². The second-order valence-electron chi connectivity index (χ2n) is 6.95. The summed E-state index contributed by atoms with van der Waals surface area (Å²) in [7, 11) is 2.19. The van der Waals surface area contributed by atoms with Gasteiger partial charge >= 0.3 is 0 Å². The van der Waals surface area contributed by atoms with Gasteiger partial charge in [0.05, 0.1) is 0 Å². The molecule has 3 aliphatic carbocycles. The third-order valence-electron chi connectivity index (χ3n) is 5.80. The van der Waals surface area contributed by atoms with Crippen molar-refractivity contribution in [1.82, 2.24) is 5.32 Å². The average Bonchev–Trinajstić information content (AvgIpc) is 3.19. The van der Waals surface area contributed by atoms with Crippen LogP contribution in [0.5, 0.6) is 0 Å². The van der Waals surface area contributed by atoms with Gasteiger partial charge in [-0.15, -0.1) is 0 Å². The summed E-state index contributed by atoms with van der Waals surface area (Å²) in [5.41, 5.74) is 0. The van der Waals surface area contributed by atoms with Gasteiger partial charge in [-0.3, -0.25) is 0 Å². The van der Waals surface area contributed by atoms with Crippen LogP contribution >= 0.6 is 0 Å². The molecule has 1 N–H and O–H groups in total. The molecule has 3 rings (SSSR count). The van der Waals surface area contributed by atoms with E-state index in [2.05, 4.69) is 12.4 Å². The van der Waals surface area contributed by atoms with Gasteiger partial charge in [-0.25, -0.2) is 0 Å². The van der Waals surface area contributed by atoms with Crippen LogP contribution in [0.3, 0.4) is 0 Å². The SMILES string of the molecule is CNC(CC1CC1)C1CCC2CCCCC2C1. The molecule has 0 aromatic rings. The molecule has 4 unspecified atom stereocenters. The fourth-order valence-corrected chi connectivity index (χ4v) is 4.53. The number of rotatable bonds is 4. The second-order valence-corrected chi connectivity index (χ2v) is 6.95. The Morgan fingerprint density at radius 2 is 1.71 bits per heavy atom. The van der Waals surface area contributed by atoms with Crippen LogP contribution in [0.15, 0.2) is 0 Å². The zero-order valence-corrected chi connectivity index (χ0v) is 11.5. The van der Waals surface area contributed by atoms with Crippen molar-refractivity contribution in [1.29, 1.82) is 0 Å². The molecule has 0 heterocycles. The fraction of sp³-hybridized carbons (Fsp3) is 1.00. The minimum atomic E-state index is 0.838. The van der Waals surface area contributed by atoms with Gasteiger partial charge in [0.15, 0.2) is 0 Å². The molecule has 1 nitrogen and oxygen atoms in total. The van der Waals surface area contributed by atoms with E-state index in [1.807, 2.05) is 0 Å². The van der Waals surface area contributed by atoms with Crippen molar-refractivity contribution in [2.45, 2.75) is 70.3 Å². The zero-order valence-electron chi connectivity index (χ0n) is 11.5. The van der Waals surface area contributed by atoms with E-state index in [0.717, 1.165) is 29.7 Å². The smallest absolute Gasteiger partial charge is 0.00950 e. The largest absolute Gasteiger partial charge is 0.317 e. The summed E-state index contributed by atoms with van der Waals surface area (Å²) in [6.45, 7) is 0. The van der Waals surface area contributed by atoms with Gasteiger partial charge in [0.2, 0.25) is 0 Å². The predicted octanol–water partition coefficient (Wildman–Crippen LogP) is 3.98. The standard InChI is InChI=1S/C16H29N/c1-17-16(10-12-6-7-12)15-9-8-13-4-2-3-5-14(13)11-15/h12-17H,2-11H2,1H3. The molecule has 4 atom stereocenters. The topological polar surface area (TPSA) is 12.0 Å². The molecule has 3 fully saturated rings. The Labute approximate surface area is 107 Å². The number of hydrogen-bond donors (Lipinski definition) is 1. The van der Waals surface area contributed by atoms with E-state index in [4.69, 9.17) is 0 Å². The molecule has 1 heteroatoms. The van der Waals surface area contributed by atoms with Crippen LogP contribution in [-0.4, -0.2) is 13.1 Å². The first-order valence-electron chi connectivity index (χ1n) is 8.04. The molecular weight excluding hydrogens is 206 g/mol. The lowest BCUT2D eigenvalue weighted by atomic mass is 9.65. The van der Waals surface area contributed by atoms with Crippen LogP contribution < -0.4 is 5.32 Å². The molecule has 0 radical (unpaired) electrons. The van der Waals surface area contributed by atoms with E-state index in [1.165, 1.54) is 44.9 Å². The average molecular weight is 235 g/mol. The zero-order chi connectivity index (χ0) is 11.7. The summed E-state index contributed by atoms with van der Waals surface area (Å²) in [6, 6.07) is 0.838. The first-order chi connectivity index (χ1) is 8.36. The molecule has 0 bridgehead atoms. The third-order valence-corrected chi connectivity index (χ3v) is 5.80. The van der Waals surface area contributed by atoms with Crippen LogP contribution in [0.1, 0.15) is 64.2 Å². The van der Waals surface area contributed by atoms with E-state index >= 15 is 0 Å². The molecule has 17 heavy (non-hydrogen) atoms. The van der Waals surface area contributed by atoms with Crippen LogP contribution in [0.2, 0.25) is 0 Å². The van der Waals surface area contributed by atoms with Crippen molar-refractivity contribution in [2.75, 3.05) is 7.05 Å². The first kappa shape index (κ1) is 12.0. The second kappa shape index (κ2) is 5.30. The minimum absolute atomic E-state index is 0.838. The highest BCUT2D eigenvalue weighted by atomic mass is 14.9. The minimum Gasteiger partial charge on any atom is -0.317 e. The van der Waals surface area contributed by atoms with Crippen LogP contribution in [0.4, 0.5) is 0 Å². The summed E-state index contributed by atoms with van der Waals surface area (Å²) < 4.78 is 0. The van der Waals surface area contributed by atoms with Crippen LogP contribution in [-0.2, 0) is 0 Å². The van der Waals surface area contributed by atoms with E-state index in [1.54, 1.807) is 19.3 Å². The Hall–Kier alpha value is -0.0400. The Kier molecular flexibility index (Phi) is 3.75. The van der Waals surface area contributed by atoms with Crippen molar-refractivity contribution in [2.24, 2.45) is 23.7 Å². The molecule has 0 aromatic heterocycles. The van der Waals surface area contributed by atoms with Gasteiger partial charge in [-0.05, 0) is 56.4 Å². The Bertz CT molecular complexity index is 246. The van der Waals surface area contributed by atoms with Gasteiger partial charge in [-0.2, -0.15) is 0 Å². The molecular formula is C16H29N. The maximum atomic E-state index is 3.64. The molecule has 3 saturated carbocycles. The van der Waals surface area contributed by atoms with Gasteiger partial charge in [0.25, 0.3) is 0 Å². The Morgan fingerprint density at radius 3 is 2.41 bits per heavy atom. The van der Waals surface area contributed by atoms with Crippen molar-refractivity contribution < 1.29 is 0 Å². The number of fused-ring (bicyclic) bond motifs is 1. The lowest BCUT2D eigenvalue weighted by Crippen LogP contribution is -2.39. The highest BCUT2D eigenvalue weighted by Crippen LogP contribution is 2.45. The highest BCUT2D eigenvalue weighted by Gasteiger charge is 2.36. The molecule has 0 aromatic carbocycles. The highest BCUT2D eigenvalue weighted by molar-refractivity contribution is 4.90. The van der Waals surface area contributed by atoms with E-state index in [-0.39, 0.29) is 0 Å². The van der Waals surface area contributed by atoms with Gasteiger partial charge in [0, 0.05) is 6.04 Å². The van der Waals surface area contributed by atoms with Gasteiger partial charge < -0.3 is 5.32 Å². The number of hydrogen-bond acceptors (Lipinski definition) is 1. The van der Waals surface area contributed by atoms with Crippen molar-refractivity contribution in [3.05, 3.63) is 0 Å². The monoisotopic (exact) mass is 235 g/mol. The first-order valence-corrected chi connectivity index (χ1v) is 8.04. The van der Waals surface area contributed by atoms with Crippen molar-refractivity contribution >= 4 is 0 Å². The summed E-state index contributed by atoms with van der Waals surface area (Å²) in [5.74, 6) is 4.28.